The maximum atomic E-state index is 12.4. The van der Waals surface area contributed by atoms with Crippen LogP contribution in [0.5, 0.6) is 0 Å². The minimum Gasteiger partial charge on any atom is -0.247 e. The predicted molar refractivity (Wildman–Crippen MR) is 58.5 cm³/mol. The van der Waals surface area contributed by atoms with Crippen molar-refractivity contribution >= 4 is 22.7 Å². The summed E-state index contributed by atoms with van der Waals surface area (Å²) in [6, 6.07) is 8.62. The van der Waals surface area contributed by atoms with Crippen molar-refractivity contribution in [2.75, 3.05) is 6.26 Å². The molecule has 0 atom stereocenters. The molecule has 0 bridgehead atoms. The Bertz CT molecular complexity index is 485. The van der Waals surface area contributed by atoms with Gasteiger partial charge >= 0.3 is 0 Å². The third kappa shape index (κ3) is 1.95. The van der Waals surface area contributed by atoms with Crippen molar-refractivity contribution in [2.24, 2.45) is 0 Å². The summed E-state index contributed by atoms with van der Waals surface area (Å²) < 4.78 is 24.8. The van der Waals surface area contributed by atoms with E-state index >= 15 is 0 Å². The number of benzene rings is 1. The number of pyridine rings is 1. The molecule has 78 valence electrons. The molecule has 0 unspecified atom stereocenters. The Labute approximate surface area is 90.5 Å². The number of rotatable bonds is 2. The van der Waals surface area contributed by atoms with Gasteiger partial charge in [0.15, 0.2) is 0 Å². The Morgan fingerprint density at radius 3 is 2.67 bits per heavy atom. The van der Waals surface area contributed by atoms with Crippen molar-refractivity contribution in [3.8, 4) is 0 Å². The van der Waals surface area contributed by atoms with Gasteiger partial charge in [-0.15, -0.1) is 11.8 Å². The van der Waals surface area contributed by atoms with Gasteiger partial charge in [0.25, 0.3) is 6.43 Å². The molecule has 1 heterocycles. The lowest BCUT2D eigenvalue weighted by molar-refractivity contribution is 0.146. The summed E-state index contributed by atoms with van der Waals surface area (Å²) in [7, 11) is 0. The second-order valence-electron chi connectivity index (χ2n) is 3.06. The molecule has 0 aliphatic rings. The smallest absolute Gasteiger partial charge is 0.247 e. The van der Waals surface area contributed by atoms with E-state index in [0.29, 0.717) is 5.52 Å². The first kappa shape index (κ1) is 10.4. The van der Waals surface area contributed by atoms with Crippen LogP contribution in [-0.2, 0) is 0 Å². The predicted octanol–water partition coefficient (Wildman–Crippen LogP) is 3.89. The normalized spacial score (nSPS) is 11.2. The molecule has 0 aliphatic heterocycles. The number of nitrogens with zero attached hydrogens (tertiary/aromatic N) is 1. The van der Waals surface area contributed by atoms with E-state index in [1.54, 1.807) is 23.9 Å². The molecule has 0 spiro atoms. The summed E-state index contributed by atoms with van der Waals surface area (Å²) in [4.78, 5) is 4.98. The topological polar surface area (TPSA) is 12.9 Å². The van der Waals surface area contributed by atoms with Crippen LogP contribution in [0.2, 0.25) is 0 Å². The van der Waals surface area contributed by atoms with Crippen molar-refractivity contribution < 1.29 is 8.78 Å². The first-order chi connectivity index (χ1) is 7.22. The average molecular weight is 225 g/mol. The second kappa shape index (κ2) is 4.14. The summed E-state index contributed by atoms with van der Waals surface area (Å²) in [5.74, 6) is 0. The first-order valence-corrected chi connectivity index (χ1v) is 5.66. The molecular formula is C11H9F2NS. The molecule has 0 radical (unpaired) electrons. The van der Waals surface area contributed by atoms with Crippen molar-refractivity contribution in [3.05, 3.63) is 36.0 Å². The molecule has 0 amide bonds. The highest BCUT2D eigenvalue weighted by Gasteiger charge is 2.09. The number of halogens is 2. The molecule has 1 aromatic heterocycles. The van der Waals surface area contributed by atoms with Gasteiger partial charge in [0.05, 0.1) is 5.52 Å². The maximum Gasteiger partial charge on any atom is 0.280 e. The van der Waals surface area contributed by atoms with E-state index in [2.05, 4.69) is 4.98 Å². The van der Waals surface area contributed by atoms with Crippen LogP contribution < -0.4 is 0 Å². The minimum atomic E-state index is -2.51. The molecule has 0 aliphatic carbocycles. The highest BCUT2D eigenvalue weighted by molar-refractivity contribution is 7.98. The van der Waals surface area contributed by atoms with E-state index in [1.165, 1.54) is 6.07 Å². The van der Waals surface area contributed by atoms with Gasteiger partial charge in [-0.25, -0.2) is 13.8 Å². The number of fused-ring (bicyclic) bond motifs is 1. The maximum absolute atomic E-state index is 12.4. The van der Waals surface area contributed by atoms with Gasteiger partial charge in [0.2, 0.25) is 0 Å². The standard InChI is InChI=1S/C11H9F2NS/c1-15-10-4-2-3-8-7(10)5-6-9(14-8)11(12)13/h2-6,11H,1H3. The van der Waals surface area contributed by atoms with E-state index < -0.39 is 6.43 Å². The molecule has 0 saturated carbocycles. The molecule has 0 N–H and O–H groups in total. The van der Waals surface area contributed by atoms with Crippen LogP contribution in [-0.4, -0.2) is 11.2 Å². The number of hydrogen-bond donors (Lipinski definition) is 0. The zero-order chi connectivity index (χ0) is 10.8. The Morgan fingerprint density at radius 2 is 2.00 bits per heavy atom. The van der Waals surface area contributed by atoms with Crippen molar-refractivity contribution in [1.82, 2.24) is 4.98 Å². The second-order valence-corrected chi connectivity index (χ2v) is 3.91. The van der Waals surface area contributed by atoms with Crippen LogP contribution in [0, 0.1) is 0 Å². The Morgan fingerprint density at radius 1 is 1.20 bits per heavy atom. The molecule has 2 aromatic rings. The van der Waals surface area contributed by atoms with Crippen LogP contribution in [0.1, 0.15) is 12.1 Å². The van der Waals surface area contributed by atoms with Gasteiger partial charge < -0.3 is 0 Å². The largest absolute Gasteiger partial charge is 0.280 e. The molecule has 0 fully saturated rings. The third-order valence-electron chi connectivity index (χ3n) is 2.16. The number of thioether (sulfide) groups is 1. The van der Waals surface area contributed by atoms with Crippen LogP contribution in [0.25, 0.3) is 10.9 Å². The Balaban J connectivity index is 2.63. The van der Waals surface area contributed by atoms with Crippen LogP contribution in [0.15, 0.2) is 35.2 Å². The SMILES string of the molecule is CSc1cccc2nc(C(F)F)ccc12. The zero-order valence-corrected chi connectivity index (χ0v) is 8.89. The highest BCUT2D eigenvalue weighted by atomic mass is 32.2. The lowest BCUT2D eigenvalue weighted by atomic mass is 10.2. The van der Waals surface area contributed by atoms with Crippen molar-refractivity contribution in [1.29, 1.82) is 0 Å². The fraction of sp³-hybridized carbons (Fsp3) is 0.182. The third-order valence-corrected chi connectivity index (χ3v) is 2.95. The van der Waals surface area contributed by atoms with Gasteiger partial charge in [0.1, 0.15) is 5.69 Å². The van der Waals surface area contributed by atoms with Crippen molar-refractivity contribution in [3.63, 3.8) is 0 Å². The van der Waals surface area contributed by atoms with E-state index in [0.717, 1.165) is 10.3 Å². The summed E-state index contributed by atoms with van der Waals surface area (Å²) in [5, 5.41) is 0.925. The summed E-state index contributed by atoms with van der Waals surface area (Å²) in [5.41, 5.74) is 0.459. The minimum absolute atomic E-state index is 0.166. The summed E-state index contributed by atoms with van der Waals surface area (Å²) in [6.45, 7) is 0. The number of hydrogen-bond acceptors (Lipinski definition) is 2. The van der Waals surface area contributed by atoms with Gasteiger partial charge in [0, 0.05) is 10.3 Å². The monoisotopic (exact) mass is 225 g/mol. The van der Waals surface area contributed by atoms with Crippen LogP contribution >= 0.6 is 11.8 Å². The molecule has 0 saturated heterocycles. The molecule has 2 rings (SSSR count). The molecule has 15 heavy (non-hydrogen) atoms. The van der Waals surface area contributed by atoms with E-state index in [9.17, 15) is 8.78 Å². The molecular weight excluding hydrogens is 216 g/mol. The van der Waals surface area contributed by atoms with Gasteiger partial charge in [-0.3, -0.25) is 0 Å². The van der Waals surface area contributed by atoms with E-state index in [1.807, 2.05) is 18.4 Å². The summed E-state index contributed by atoms with van der Waals surface area (Å²) >= 11 is 1.59. The lowest BCUT2D eigenvalue weighted by Gasteiger charge is -2.04. The zero-order valence-electron chi connectivity index (χ0n) is 8.08. The molecule has 1 nitrogen and oxygen atoms in total. The Kier molecular flexibility index (Phi) is 2.86. The first-order valence-electron chi connectivity index (χ1n) is 4.44. The molecule has 4 heteroatoms. The Hall–Kier alpha value is -1.16. The fourth-order valence-corrected chi connectivity index (χ4v) is 2.05. The van der Waals surface area contributed by atoms with Crippen LogP contribution in [0.3, 0.4) is 0 Å². The number of aromatic nitrogens is 1. The van der Waals surface area contributed by atoms with Crippen molar-refractivity contribution in [2.45, 2.75) is 11.3 Å². The summed E-state index contributed by atoms with van der Waals surface area (Å²) in [6.07, 6.45) is -0.553. The quantitative estimate of drug-likeness (QED) is 0.719. The van der Waals surface area contributed by atoms with Crippen LogP contribution in [0.4, 0.5) is 8.78 Å². The van der Waals surface area contributed by atoms with Gasteiger partial charge in [-0.05, 0) is 30.5 Å². The average Bonchev–Trinajstić information content (AvgIpc) is 2.27. The molecule has 1 aromatic carbocycles. The van der Waals surface area contributed by atoms with E-state index in [4.69, 9.17) is 0 Å². The van der Waals surface area contributed by atoms with Gasteiger partial charge in [-0.2, -0.15) is 0 Å². The van der Waals surface area contributed by atoms with E-state index in [-0.39, 0.29) is 5.69 Å². The lowest BCUT2D eigenvalue weighted by Crippen LogP contribution is -1.90. The number of alkyl halides is 2. The highest BCUT2D eigenvalue weighted by Crippen LogP contribution is 2.27. The fourth-order valence-electron chi connectivity index (χ4n) is 1.44. The van der Waals surface area contributed by atoms with Gasteiger partial charge in [-0.1, -0.05) is 6.07 Å².